The Balaban J connectivity index is 1.56. The van der Waals surface area contributed by atoms with Crippen molar-refractivity contribution in [2.75, 3.05) is 10.8 Å². The molecule has 1 saturated carbocycles. The van der Waals surface area contributed by atoms with E-state index in [-0.39, 0.29) is 23.4 Å². The van der Waals surface area contributed by atoms with E-state index in [0.717, 1.165) is 52.2 Å². The molecule has 0 bridgehead atoms. The van der Waals surface area contributed by atoms with E-state index in [2.05, 4.69) is 5.32 Å². The molecule has 0 unspecified atom stereocenters. The molecule has 0 aromatic heterocycles. The van der Waals surface area contributed by atoms with Crippen molar-refractivity contribution in [3.05, 3.63) is 131 Å². The third-order valence-electron chi connectivity index (χ3n) is 8.51. The van der Waals surface area contributed by atoms with Gasteiger partial charge in [0.25, 0.3) is 10.0 Å². The second-order valence-electron chi connectivity index (χ2n) is 11.8. The molecule has 0 heterocycles. The minimum atomic E-state index is -4.11. The van der Waals surface area contributed by atoms with Crippen LogP contribution in [0.3, 0.4) is 0 Å². The number of anilines is 1. The molecule has 0 spiro atoms. The first-order valence-corrected chi connectivity index (χ1v) is 17.0. The van der Waals surface area contributed by atoms with Crippen molar-refractivity contribution in [1.82, 2.24) is 10.2 Å². The van der Waals surface area contributed by atoms with Crippen LogP contribution in [-0.2, 0) is 32.6 Å². The van der Waals surface area contributed by atoms with Crippen LogP contribution in [0.1, 0.15) is 47.9 Å². The molecular formula is C37H41N3O4S. The summed E-state index contributed by atoms with van der Waals surface area (Å²) in [6.45, 7) is 3.59. The molecule has 5 rings (SSSR count). The average Bonchev–Trinajstić information content (AvgIpc) is 3.56. The number of carbonyl (C=O) groups excluding carboxylic acids is 2. The summed E-state index contributed by atoms with van der Waals surface area (Å²) in [5.41, 5.74) is 4.14. The zero-order chi connectivity index (χ0) is 31.8. The van der Waals surface area contributed by atoms with E-state index in [1.54, 1.807) is 35.2 Å². The fourth-order valence-electron chi connectivity index (χ4n) is 5.85. The van der Waals surface area contributed by atoms with Gasteiger partial charge in [0, 0.05) is 19.0 Å². The van der Waals surface area contributed by atoms with Gasteiger partial charge in [-0.2, -0.15) is 0 Å². The highest BCUT2D eigenvalue weighted by molar-refractivity contribution is 7.92. The SMILES string of the molecule is Cc1ccc(N(CC(=O)N(Cc2ccccc2C)[C@H](Cc2ccccc2)C(=O)NC2CCCC2)S(=O)(=O)c2ccccc2)cc1. The molecule has 45 heavy (non-hydrogen) atoms. The highest BCUT2D eigenvalue weighted by Gasteiger charge is 2.35. The van der Waals surface area contributed by atoms with Crippen LogP contribution < -0.4 is 9.62 Å². The minimum Gasteiger partial charge on any atom is -0.352 e. The van der Waals surface area contributed by atoms with Crippen molar-refractivity contribution in [3.8, 4) is 0 Å². The number of hydrogen-bond donors (Lipinski definition) is 1. The van der Waals surface area contributed by atoms with Crippen molar-refractivity contribution in [3.63, 3.8) is 0 Å². The molecule has 0 aliphatic heterocycles. The van der Waals surface area contributed by atoms with Gasteiger partial charge >= 0.3 is 0 Å². The Morgan fingerprint density at radius 1 is 0.800 bits per heavy atom. The van der Waals surface area contributed by atoms with Crippen LogP contribution in [0.25, 0.3) is 0 Å². The molecule has 1 N–H and O–H groups in total. The highest BCUT2D eigenvalue weighted by Crippen LogP contribution is 2.26. The van der Waals surface area contributed by atoms with E-state index in [1.165, 1.54) is 12.1 Å². The van der Waals surface area contributed by atoms with Gasteiger partial charge in [0.05, 0.1) is 10.6 Å². The van der Waals surface area contributed by atoms with Gasteiger partial charge in [-0.05, 0) is 67.6 Å². The summed E-state index contributed by atoms with van der Waals surface area (Å²) in [6, 6.07) is 31.8. The number of amides is 2. The zero-order valence-corrected chi connectivity index (χ0v) is 26.7. The largest absolute Gasteiger partial charge is 0.352 e. The van der Waals surface area contributed by atoms with Gasteiger partial charge in [-0.25, -0.2) is 8.42 Å². The summed E-state index contributed by atoms with van der Waals surface area (Å²) in [4.78, 5) is 30.4. The van der Waals surface area contributed by atoms with Gasteiger partial charge in [0.15, 0.2) is 0 Å². The number of carbonyl (C=O) groups is 2. The van der Waals surface area contributed by atoms with Gasteiger partial charge in [-0.1, -0.05) is 103 Å². The predicted octanol–water partition coefficient (Wildman–Crippen LogP) is 6.20. The van der Waals surface area contributed by atoms with Crippen molar-refractivity contribution < 1.29 is 18.0 Å². The molecule has 1 atom stereocenters. The summed E-state index contributed by atoms with van der Waals surface area (Å²) in [5, 5.41) is 3.22. The summed E-state index contributed by atoms with van der Waals surface area (Å²) in [6.07, 6.45) is 4.23. The lowest BCUT2D eigenvalue weighted by Gasteiger charge is -2.34. The Morgan fingerprint density at radius 2 is 1.40 bits per heavy atom. The summed E-state index contributed by atoms with van der Waals surface area (Å²) >= 11 is 0. The van der Waals surface area contributed by atoms with E-state index >= 15 is 0 Å². The molecule has 2 amide bonds. The standard InChI is InChI=1S/C37H41N3O4S/c1-28-21-23-33(24-22-28)40(45(43,44)34-19-7-4-8-20-34)27-36(41)39(26-31-16-10-9-13-29(31)2)35(25-30-14-5-3-6-15-30)37(42)38-32-17-11-12-18-32/h3-10,13-16,19-24,32,35H,11-12,17-18,25-27H2,1-2H3,(H,38,42)/t35-/m1/s1. The van der Waals surface area contributed by atoms with E-state index < -0.39 is 28.5 Å². The number of nitrogens with zero attached hydrogens (tertiary/aromatic N) is 2. The fourth-order valence-corrected chi connectivity index (χ4v) is 7.29. The smallest absolute Gasteiger partial charge is 0.264 e. The third-order valence-corrected chi connectivity index (χ3v) is 10.3. The number of hydrogen-bond acceptors (Lipinski definition) is 4. The second kappa shape index (κ2) is 14.6. The lowest BCUT2D eigenvalue weighted by atomic mass is 10.0. The molecule has 4 aromatic rings. The lowest BCUT2D eigenvalue weighted by Crippen LogP contribution is -2.54. The molecular weight excluding hydrogens is 582 g/mol. The number of sulfonamides is 1. The molecule has 234 valence electrons. The normalized spacial score (nSPS) is 14.1. The minimum absolute atomic E-state index is 0.0636. The molecule has 1 fully saturated rings. The summed E-state index contributed by atoms with van der Waals surface area (Å²) in [7, 11) is -4.11. The van der Waals surface area contributed by atoms with E-state index in [1.807, 2.05) is 80.6 Å². The Morgan fingerprint density at radius 3 is 2.04 bits per heavy atom. The van der Waals surface area contributed by atoms with Crippen molar-refractivity contribution in [2.45, 2.75) is 69.5 Å². The van der Waals surface area contributed by atoms with E-state index in [9.17, 15) is 18.0 Å². The van der Waals surface area contributed by atoms with Crippen LogP contribution in [0.15, 0.2) is 114 Å². The maximum atomic E-state index is 14.6. The molecule has 8 heteroatoms. The molecule has 0 radical (unpaired) electrons. The maximum absolute atomic E-state index is 14.6. The molecule has 1 aliphatic rings. The number of aryl methyl sites for hydroxylation is 2. The van der Waals surface area contributed by atoms with Crippen LogP contribution in [0, 0.1) is 13.8 Å². The topological polar surface area (TPSA) is 86.8 Å². The van der Waals surface area contributed by atoms with Crippen LogP contribution in [-0.4, -0.2) is 43.8 Å². The first-order valence-electron chi connectivity index (χ1n) is 15.5. The van der Waals surface area contributed by atoms with Crippen LogP contribution in [0.4, 0.5) is 5.69 Å². The highest BCUT2D eigenvalue weighted by atomic mass is 32.2. The van der Waals surface area contributed by atoms with Gasteiger partial charge in [0.1, 0.15) is 12.6 Å². The van der Waals surface area contributed by atoms with Crippen LogP contribution >= 0.6 is 0 Å². The first-order chi connectivity index (χ1) is 21.7. The van der Waals surface area contributed by atoms with Crippen molar-refractivity contribution >= 4 is 27.5 Å². The Hall–Kier alpha value is -4.43. The summed E-state index contributed by atoms with van der Waals surface area (Å²) in [5.74, 6) is -0.679. The molecule has 4 aromatic carbocycles. The lowest BCUT2D eigenvalue weighted by molar-refractivity contribution is -0.140. The van der Waals surface area contributed by atoms with Gasteiger partial charge < -0.3 is 10.2 Å². The van der Waals surface area contributed by atoms with Gasteiger partial charge in [0.2, 0.25) is 11.8 Å². The summed E-state index contributed by atoms with van der Waals surface area (Å²) < 4.78 is 29.3. The van der Waals surface area contributed by atoms with Crippen molar-refractivity contribution in [1.29, 1.82) is 0 Å². The Kier molecular flexibility index (Phi) is 10.4. The van der Waals surface area contributed by atoms with Gasteiger partial charge in [-0.3, -0.25) is 13.9 Å². The number of rotatable bonds is 12. The quantitative estimate of drug-likeness (QED) is 0.204. The van der Waals surface area contributed by atoms with Crippen LogP contribution in [0.5, 0.6) is 0 Å². The molecule has 0 saturated heterocycles. The second-order valence-corrected chi connectivity index (χ2v) is 13.7. The monoisotopic (exact) mass is 623 g/mol. The number of nitrogens with one attached hydrogen (secondary N) is 1. The third kappa shape index (κ3) is 8.00. The van der Waals surface area contributed by atoms with E-state index in [0.29, 0.717) is 12.1 Å². The van der Waals surface area contributed by atoms with Crippen LogP contribution in [0.2, 0.25) is 0 Å². The fraction of sp³-hybridized carbons (Fsp3) is 0.297. The number of benzene rings is 4. The average molecular weight is 624 g/mol. The molecule has 7 nitrogen and oxygen atoms in total. The predicted molar refractivity (Wildman–Crippen MR) is 178 cm³/mol. The Labute approximate surface area is 266 Å². The Bertz CT molecular complexity index is 1690. The van der Waals surface area contributed by atoms with Gasteiger partial charge in [-0.15, -0.1) is 0 Å². The first kappa shape index (κ1) is 32.0. The maximum Gasteiger partial charge on any atom is 0.264 e. The van der Waals surface area contributed by atoms with Crippen molar-refractivity contribution in [2.24, 2.45) is 0 Å². The molecule has 1 aliphatic carbocycles. The zero-order valence-electron chi connectivity index (χ0n) is 25.9. The van der Waals surface area contributed by atoms with E-state index in [4.69, 9.17) is 0 Å².